The summed E-state index contributed by atoms with van der Waals surface area (Å²) in [4.78, 5) is 50.3. The van der Waals surface area contributed by atoms with Crippen LogP contribution < -0.4 is 10.9 Å². The van der Waals surface area contributed by atoms with Crippen LogP contribution in [0.3, 0.4) is 0 Å². The van der Waals surface area contributed by atoms with Gasteiger partial charge in [-0.2, -0.15) is 26.3 Å². The van der Waals surface area contributed by atoms with Gasteiger partial charge in [0.1, 0.15) is 24.8 Å². The van der Waals surface area contributed by atoms with Gasteiger partial charge in [-0.05, 0) is 19.1 Å². The van der Waals surface area contributed by atoms with E-state index in [1.165, 1.54) is 13.0 Å². The first-order chi connectivity index (χ1) is 18.7. The van der Waals surface area contributed by atoms with Crippen LogP contribution in [0.2, 0.25) is 0 Å². The number of pyridine rings is 1. The molecule has 0 saturated carbocycles. The molecule has 0 unspecified atom stereocenters. The fourth-order valence-corrected chi connectivity index (χ4v) is 4.56. The largest absolute Gasteiger partial charge is 0.406 e. The van der Waals surface area contributed by atoms with Crippen molar-refractivity contribution < 1.29 is 49.6 Å². The number of halogens is 9. The van der Waals surface area contributed by atoms with Crippen LogP contribution in [0.4, 0.5) is 46.5 Å². The van der Waals surface area contributed by atoms with Crippen molar-refractivity contribution in [3.05, 3.63) is 66.0 Å². The Balaban J connectivity index is 2.04. The fraction of sp³-hybridized carbons (Fsp3) is 0.409. The van der Waals surface area contributed by atoms with Crippen LogP contribution in [-0.2, 0) is 0 Å². The lowest BCUT2D eigenvalue weighted by Crippen LogP contribution is -2.45. The second-order valence-electron chi connectivity index (χ2n) is 9.06. The van der Waals surface area contributed by atoms with Gasteiger partial charge in [-0.1, -0.05) is 15.9 Å². The number of carbonyl (C=O) groups is 2. The highest BCUT2D eigenvalue weighted by Crippen LogP contribution is 2.38. The Morgan fingerprint density at radius 3 is 2.24 bits per heavy atom. The molecule has 0 aliphatic carbocycles. The maximum absolute atomic E-state index is 15.0. The lowest BCUT2D eigenvalue weighted by molar-refractivity contribution is -0.384. The number of aromatic nitrogens is 1. The summed E-state index contributed by atoms with van der Waals surface area (Å²) in [7, 11) is 0. The summed E-state index contributed by atoms with van der Waals surface area (Å²) in [5.74, 6) is -6.86. The number of carbonyl (C=O) groups excluding carboxylic acids is 2. The molecule has 1 aliphatic heterocycles. The Labute approximate surface area is 232 Å². The minimum Gasteiger partial charge on any atom is -0.369 e. The number of H-pyrrole nitrogens is 1. The van der Waals surface area contributed by atoms with Crippen LogP contribution in [0.1, 0.15) is 26.4 Å². The molecule has 2 N–H and O–H groups in total. The Kier molecular flexibility index (Phi) is 8.71. The molecule has 1 atom stereocenters. The van der Waals surface area contributed by atoms with Gasteiger partial charge < -0.3 is 20.1 Å². The predicted octanol–water partition coefficient (Wildman–Crippen LogP) is 4.49. The zero-order valence-corrected chi connectivity index (χ0v) is 22.1. The van der Waals surface area contributed by atoms with Gasteiger partial charge >= 0.3 is 12.4 Å². The SMILES string of the molecule is Cc1cc(C(=O)N2C[C@H](Nc3c(C(=O)N(CC(F)(F)F)CC(F)(F)F)cc(Br)cc3[N+](=O)[O-])C(F)(F)C2)cc(=O)[nH]1. The zero-order chi connectivity index (χ0) is 31.1. The summed E-state index contributed by atoms with van der Waals surface area (Å²) in [5.41, 5.74) is -4.06. The molecule has 10 nitrogen and oxygen atoms in total. The second-order valence-corrected chi connectivity index (χ2v) is 9.97. The van der Waals surface area contributed by atoms with E-state index in [1.807, 2.05) is 5.32 Å². The molecule has 1 aliphatic rings. The maximum atomic E-state index is 15.0. The van der Waals surface area contributed by atoms with E-state index in [4.69, 9.17) is 0 Å². The average Bonchev–Trinajstić information content (AvgIpc) is 3.09. The molecule has 19 heteroatoms. The number of hydrogen-bond donors (Lipinski definition) is 2. The molecule has 1 aromatic carbocycles. The number of nitro benzene ring substituents is 1. The Morgan fingerprint density at radius 1 is 1.15 bits per heavy atom. The number of amides is 2. The maximum Gasteiger partial charge on any atom is 0.406 e. The van der Waals surface area contributed by atoms with Gasteiger partial charge in [-0.3, -0.25) is 24.5 Å². The summed E-state index contributed by atoms with van der Waals surface area (Å²) in [6, 6.07) is 1.22. The van der Waals surface area contributed by atoms with Crippen LogP contribution >= 0.6 is 15.9 Å². The lowest BCUT2D eigenvalue weighted by Gasteiger charge is -2.27. The Morgan fingerprint density at radius 2 is 1.73 bits per heavy atom. The highest BCUT2D eigenvalue weighted by Gasteiger charge is 2.51. The molecule has 1 fully saturated rings. The third-order valence-electron chi connectivity index (χ3n) is 5.68. The summed E-state index contributed by atoms with van der Waals surface area (Å²) < 4.78 is 108. The summed E-state index contributed by atoms with van der Waals surface area (Å²) >= 11 is 2.78. The van der Waals surface area contributed by atoms with E-state index in [0.717, 1.165) is 6.07 Å². The van der Waals surface area contributed by atoms with Crippen LogP contribution in [0, 0.1) is 17.0 Å². The second kappa shape index (κ2) is 11.2. The molecular formula is C22H18BrF8N5O5. The van der Waals surface area contributed by atoms with Gasteiger partial charge in [0, 0.05) is 34.4 Å². The number of rotatable bonds is 7. The van der Waals surface area contributed by atoms with Gasteiger partial charge in [0.15, 0.2) is 0 Å². The number of likely N-dealkylation sites (tertiary alicyclic amines) is 1. The van der Waals surface area contributed by atoms with Crippen LogP contribution in [0.5, 0.6) is 0 Å². The van der Waals surface area contributed by atoms with Crippen molar-refractivity contribution in [2.75, 3.05) is 31.5 Å². The van der Waals surface area contributed by atoms with Crippen molar-refractivity contribution in [3.63, 3.8) is 0 Å². The minimum absolute atomic E-state index is 0.234. The monoisotopic (exact) mass is 663 g/mol. The molecule has 0 bridgehead atoms. The molecule has 2 amide bonds. The summed E-state index contributed by atoms with van der Waals surface area (Å²) in [6.45, 7) is -5.51. The minimum atomic E-state index is -5.32. The van der Waals surface area contributed by atoms with Crippen molar-refractivity contribution in [2.45, 2.75) is 31.2 Å². The third kappa shape index (κ3) is 7.92. The van der Waals surface area contributed by atoms with Gasteiger partial charge in [0.2, 0.25) is 5.56 Å². The number of nitro groups is 1. The summed E-state index contributed by atoms with van der Waals surface area (Å²) in [5, 5.41) is 13.7. The first-order valence-electron chi connectivity index (χ1n) is 11.2. The van der Waals surface area contributed by atoms with Gasteiger partial charge in [-0.25, -0.2) is 8.78 Å². The number of aryl methyl sites for hydroxylation is 1. The average molecular weight is 664 g/mol. The van der Waals surface area contributed by atoms with Crippen LogP contribution in [0.15, 0.2) is 33.5 Å². The van der Waals surface area contributed by atoms with Gasteiger partial charge in [-0.15, -0.1) is 0 Å². The zero-order valence-electron chi connectivity index (χ0n) is 20.5. The normalized spacial score (nSPS) is 16.9. The molecular weight excluding hydrogens is 646 g/mol. The molecule has 224 valence electrons. The highest BCUT2D eigenvalue weighted by molar-refractivity contribution is 9.10. The van der Waals surface area contributed by atoms with Crippen molar-refractivity contribution in [2.24, 2.45) is 0 Å². The number of benzene rings is 1. The number of anilines is 1. The quantitative estimate of drug-likeness (QED) is 0.255. The van der Waals surface area contributed by atoms with Gasteiger partial charge in [0.25, 0.3) is 23.4 Å². The molecule has 41 heavy (non-hydrogen) atoms. The number of nitrogens with one attached hydrogen (secondary N) is 2. The number of aromatic amines is 1. The molecule has 2 heterocycles. The molecule has 1 saturated heterocycles. The molecule has 3 rings (SSSR count). The standard InChI is InChI=1S/C22H18BrF8N5O5/c1-10-2-11(3-16(37)32-10)18(38)34-6-15(20(24,25)7-34)33-17-13(4-12(23)5-14(17)36(40)41)19(39)35(8-21(26,27)28)9-22(29,30)31/h2-5,15,33H,6-9H2,1H3,(H,32,37)/t15-/m0/s1. The van der Waals surface area contributed by atoms with E-state index in [9.17, 15) is 50.8 Å². The van der Waals surface area contributed by atoms with Crippen molar-refractivity contribution in [3.8, 4) is 0 Å². The van der Waals surface area contributed by atoms with Crippen molar-refractivity contribution >= 4 is 39.1 Å². The molecule has 1 aromatic heterocycles. The predicted molar refractivity (Wildman–Crippen MR) is 129 cm³/mol. The summed E-state index contributed by atoms with van der Waals surface area (Å²) in [6.07, 6.45) is -10.6. The Hall–Kier alpha value is -3.77. The smallest absolute Gasteiger partial charge is 0.369 e. The third-order valence-corrected chi connectivity index (χ3v) is 6.14. The van der Waals surface area contributed by atoms with Crippen LogP contribution in [-0.4, -0.2) is 82.0 Å². The first-order valence-corrected chi connectivity index (χ1v) is 12.0. The number of alkyl halides is 8. The van der Waals surface area contributed by atoms with E-state index in [1.54, 1.807) is 0 Å². The number of nitrogens with zero attached hydrogens (tertiary/aromatic N) is 3. The first kappa shape index (κ1) is 31.8. The fourth-order valence-electron chi connectivity index (χ4n) is 4.11. The van der Waals surface area contributed by atoms with E-state index >= 15 is 8.78 Å². The van der Waals surface area contributed by atoms with E-state index in [0.29, 0.717) is 17.0 Å². The van der Waals surface area contributed by atoms with E-state index in [-0.39, 0.29) is 15.7 Å². The molecule has 0 spiro atoms. The molecule has 2 aromatic rings. The highest BCUT2D eigenvalue weighted by atomic mass is 79.9. The van der Waals surface area contributed by atoms with Crippen LogP contribution in [0.25, 0.3) is 0 Å². The van der Waals surface area contributed by atoms with Crippen molar-refractivity contribution in [1.82, 2.24) is 14.8 Å². The topological polar surface area (TPSA) is 129 Å². The van der Waals surface area contributed by atoms with E-state index < -0.39 is 94.6 Å². The van der Waals surface area contributed by atoms with Gasteiger partial charge in [0.05, 0.1) is 17.0 Å². The molecule has 0 radical (unpaired) electrons. The van der Waals surface area contributed by atoms with E-state index in [2.05, 4.69) is 20.9 Å². The Bertz CT molecular complexity index is 1410. The van der Waals surface area contributed by atoms with Crippen molar-refractivity contribution in [1.29, 1.82) is 0 Å². The lowest BCUT2D eigenvalue weighted by atomic mass is 10.1. The number of hydrogen-bond acceptors (Lipinski definition) is 6.